The minimum Gasteiger partial charge on any atom is -0.507 e. The molecule has 15 atom stereocenters. The second-order valence-corrected chi connectivity index (χ2v) is 26.4. The summed E-state index contributed by atoms with van der Waals surface area (Å²) < 4.78 is 0. The predicted octanol–water partition coefficient (Wildman–Crippen LogP) is 11.5. The number of allylic oxidation sites excluding steroid dienone is 1. The van der Waals surface area contributed by atoms with E-state index in [2.05, 4.69) is 95.5 Å². The highest BCUT2D eigenvalue weighted by Crippen LogP contribution is 2.81. The molecule has 0 radical (unpaired) electrons. The highest BCUT2D eigenvalue weighted by atomic mass is 16.3. The van der Waals surface area contributed by atoms with Crippen LogP contribution in [0.15, 0.2) is 121 Å². The first-order chi connectivity index (χ1) is 39.0. The number of rotatable bonds is 9. The summed E-state index contributed by atoms with van der Waals surface area (Å²) in [5.41, 5.74) is 9.32. The van der Waals surface area contributed by atoms with E-state index in [9.17, 15) is 30.6 Å². The van der Waals surface area contributed by atoms with E-state index in [0.717, 1.165) is 37.8 Å². The summed E-state index contributed by atoms with van der Waals surface area (Å²) in [5.74, 6) is 1.08. The van der Waals surface area contributed by atoms with Gasteiger partial charge in [0.05, 0.1) is 23.5 Å². The topological polar surface area (TPSA) is 186 Å². The zero-order valence-electron chi connectivity index (χ0n) is 45.9. The number of nitrogens with zero attached hydrogens (tertiary/aromatic N) is 1. The summed E-state index contributed by atoms with van der Waals surface area (Å²) in [4.78, 5) is 9.48. The van der Waals surface area contributed by atoms with Gasteiger partial charge in [0.1, 0.15) is 5.75 Å². The van der Waals surface area contributed by atoms with Crippen LogP contribution in [0.1, 0.15) is 134 Å². The molecule has 4 saturated carbocycles. The van der Waals surface area contributed by atoms with Gasteiger partial charge in [-0.3, -0.25) is 0 Å². The van der Waals surface area contributed by atoms with Crippen molar-refractivity contribution in [2.45, 2.75) is 138 Å². The number of aromatic amines is 1. The van der Waals surface area contributed by atoms with Crippen molar-refractivity contribution in [1.29, 1.82) is 0 Å². The monoisotopic (exact) mass is 1070 g/mol. The molecule has 2 saturated heterocycles. The van der Waals surface area contributed by atoms with E-state index in [1.54, 1.807) is 18.2 Å². The van der Waals surface area contributed by atoms with Crippen molar-refractivity contribution in [3.05, 3.63) is 166 Å². The average molecular weight is 1070 g/mol. The number of fused-ring (bicyclic) bond motifs is 6. The molecule has 414 valence electrons. The van der Waals surface area contributed by atoms with E-state index < -0.39 is 6.10 Å². The fourth-order valence-corrected chi connectivity index (χ4v) is 20.6. The number of nitrogens with one attached hydrogen (secondary N) is 4. The summed E-state index contributed by atoms with van der Waals surface area (Å²) in [7, 11) is 2.09. The first-order valence-electron chi connectivity index (χ1n) is 30.2. The van der Waals surface area contributed by atoms with Crippen molar-refractivity contribution in [3.8, 4) is 28.7 Å². The second-order valence-electron chi connectivity index (χ2n) is 26.4. The number of phenols is 5. The number of benzene rings is 5. The van der Waals surface area contributed by atoms with Crippen LogP contribution in [0.2, 0.25) is 0 Å². The zero-order valence-corrected chi connectivity index (χ0v) is 45.9. The Balaban J connectivity index is 0.853. The van der Waals surface area contributed by atoms with E-state index in [1.807, 2.05) is 18.5 Å². The molecule has 4 heterocycles. The summed E-state index contributed by atoms with van der Waals surface area (Å²) in [6.07, 6.45) is 28.6. The molecule has 3 spiro atoms. The Labute approximate surface area is 469 Å². The van der Waals surface area contributed by atoms with Crippen LogP contribution < -0.4 is 16.0 Å². The molecule has 80 heavy (non-hydrogen) atoms. The van der Waals surface area contributed by atoms with E-state index in [0.29, 0.717) is 58.6 Å². The Bertz CT molecular complexity index is 3500. The van der Waals surface area contributed by atoms with Crippen LogP contribution in [0.4, 0.5) is 0 Å². The number of aromatic nitrogens is 2. The molecule has 1 aromatic heterocycles. The van der Waals surface area contributed by atoms with Gasteiger partial charge in [0, 0.05) is 59.2 Å². The maximum Gasteiger partial charge on any atom is 0.169 e. The van der Waals surface area contributed by atoms with Crippen molar-refractivity contribution in [2.24, 2.45) is 45.8 Å². The third kappa shape index (κ3) is 7.21. The molecule has 5 aromatic carbocycles. The molecule has 6 fully saturated rings. The van der Waals surface area contributed by atoms with Gasteiger partial charge >= 0.3 is 0 Å². The lowest BCUT2D eigenvalue weighted by Crippen LogP contribution is -2.79. The van der Waals surface area contributed by atoms with Crippen LogP contribution in [0.5, 0.6) is 28.7 Å². The second kappa shape index (κ2) is 18.8. The van der Waals surface area contributed by atoms with Crippen molar-refractivity contribution in [1.82, 2.24) is 25.9 Å². The van der Waals surface area contributed by atoms with E-state index in [-0.39, 0.29) is 91.8 Å². The Morgan fingerprint density at radius 2 is 1.57 bits per heavy atom. The minimum atomic E-state index is -0.547. The summed E-state index contributed by atoms with van der Waals surface area (Å²) in [6.45, 7) is 0.847. The van der Waals surface area contributed by atoms with E-state index in [1.165, 1.54) is 104 Å². The van der Waals surface area contributed by atoms with Crippen LogP contribution in [0.25, 0.3) is 22.9 Å². The van der Waals surface area contributed by atoms with Crippen LogP contribution in [0.3, 0.4) is 0 Å². The lowest BCUT2D eigenvalue weighted by atomic mass is 9.30. The largest absolute Gasteiger partial charge is 0.507 e. The van der Waals surface area contributed by atoms with Crippen LogP contribution >= 0.6 is 0 Å². The van der Waals surface area contributed by atoms with Crippen LogP contribution in [-0.2, 0) is 24.7 Å². The smallest absolute Gasteiger partial charge is 0.169 e. The molecular weight excluding hydrogens is 995 g/mol. The van der Waals surface area contributed by atoms with Crippen molar-refractivity contribution in [2.75, 3.05) is 13.6 Å². The quantitative estimate of drug-likeness (QED) is 0.0380. The van der Waals surface area contributed by atoms with Gasteiger partial charge in [-0.25, -0.2) is 4.98 Å². The number of phenolic OH excluding ortho intramolecular Hbond substituents is 5. The maximum absolute atomic E-state index is 13.3. The predicted molar refractivity (Wildman–Crippen MR) is 312 cm³/mol. The molecule has 9 aliphatic rings. The van der Waals surface area contributed by atoms with Gasteiger partial charge in [-0.15, -0.1) is 0 Å². The van der Waals surface area contributed by atoms with Crippen molar-refractivity contribution < 1.29 is 30.6 Å². The Morgan fingerprint density at radius 3 is 2.41 bits per heavy atom. The number of hydrogen-bond donors (Lipinski definition) is 10. The number of hydrogen-bond acceptors (Lipinski definition) is 10. The summed E-state index contributed by atoms with van der Waals surface area (Å²) >= 11 is 0. The Hall–Kier alpha value is -6.37. The fraction of sp³-hybridized carbons (Fsp3) is 0.464. The number of likely N-dealkylation sites (N-methyl/N-ethyl adjacent to an activating group) is 1. The molecule has 11 heteroatoms. The van der Waals surface area contributed by atoms with Gasteiger partial charge < -0.3 is 51.6 Å². The highest BCUT2D eigenvalue weighted by Gasteiger charge is 2.81. The SMILES string of the molecule is CNCC1=C[C@H](c2ccccc2)[C@H]2C[C@@]3(C[C@@H]1N2)C[C@@H](c1ccc(CCc2c(O)c(O)c4c(O)cccc4c2/C=C/c2ccc(O)c(O)c2)cc1)N[C@@H]1[C@H]3C[C@H]2CC[C@H]3CCc4[nH]cnc4[C@@]14[C@H]1[C@H](O)C=C[C@@H]5CCC[C@@]51CC[C@@]324. The third-order valence-corrected chi connectivity index (χ3v) is 23.4. The highest BCUT2D eigenvalue weighted by molar-refractivity contribution is 6.03. The summed E-state index contributed by atoms with van der Waals surface area (Å²) in [5, 5.41) is 81.1. The van der Waals surface area contributed by atoms with Crippen molar-refractivity contribution in [3.63, 3.8) is 0 Å². The number of aromatic hydroxyl groups is 5. The van der Waals surface area contributed by atoms with Gasteiger partial charge in [0.15, 0.2) is 23.0 Å². The van der Waals surface area contributed by atoms with Crippen molar-refractivity contribution >= 4 is 22.9 Å². The Morgan fingerprint density at radius 1 is 0.738 bits per heavy atom. The third-order valence-electron chi connectivity index (χ3n) is 23.4. The Kier molecular flexibility index (Phi) is 11.9. The average Bonchev–Trinajstić information content (AvgIpc) is 3.83. The number of piperidine rings is 2. The van der Waals surface area contributed by atoms with Gasteiger partial charge in [-0.1, -0.05) is 110 Å². The summed E-state index contributed by atoms with van der Waals surface area (Å²) in [6, 6.07) is 30.8. The van der Waals surface area contributed by atoms with Gasteiger partial charge in [-0.05, 0) is 194 Å². The molecule has 3 aliphatic heterocycles. The molecule has 11 nitrogen and oxygen atoms in total. The molecule has 6 aromatic rings. The standard InChI is InChI=1S/C69H77N5O6/c1-70-37-43-32-50(41-7-3-2-4-8-41)55-36-66(35-54(43)73-55)34-53(42-17-12-39(13-18-42)14-24-49-47(23-15-40-16-26-56(75)59(78)31-40)48-10-5-11-57(76)60(48)62(80)61(49)79)74-64-51(66)33-46-20-19-45-21-25-52-65(72-38-71-52)69(64)63-58(77)27-22-44-9-6-28-67(44,63)29-30-68(45,46)69/h2-5,7-8,10-13,15-18,22-23,26-27,31-32,38,44-46,50-51,53-55,58,63-64,70,73-80H,6,9,14,19-21,24-25,28-30,33-37H2,1H3,(H,71,72)/b23-15+/t44-,45-,46+,50+,51+,53-,54-,55+,58+,63-,64+,66-,67+,68+,69+/m0/s1. The molecule has 0 amide bonds. The zero-order chi connectivity index (χ0) is 54.3. The normalized spacial score (nSPS) is 36.4. The van der Waals surface area contributed by atoms with E-state index in [4.69, 9.17) is 10.3 Å². The first-order valence-corrected chi connectivity index (χ1v) is 30.2. The molecule has 2 bridgehead atoms. The van der Waals surface area contributed by atoms with Crippen LogP contribution in [0, 0.1) is 45.8 Å². The molecule has 0 unspecified atom stereocenters. The lowest BCUT2D eigenvalue weighted by molar-refractivity contribution is -0.229. The number of H-pyrrole nitrogens is 1. The first kappa shape index (κ1) is 50.6. The number of aliphatic hydroxyl groups excluding tert-OH is 1. The molecular formula is C69H77N5O6. The molecule has 15 rings (SSSR count). The molecule has 10 N–H and O–H groups in total. The van der Waals surface area contributed by atoms with Gasteiger partial charge in [0.25, 0.3) is 0 Å². The lowest BCUT2D eigenvalue weighted by Gasteiger charge is -2.75. The molecule has 6 aliphatic carbocycles. The number of aryl methyl sites for hydroxylation is 2. The van der Waals surface area contributed by atoms with Crippen LogP contribution in [-0.4, -0.2) is 78.4 Å². The number of aliphatic hydroxyl groups is 1. The van der Waals surface area contributed by atoms with Gasteiger partial charge in [-0.2, -0.15) is 0 Å². The maximum atomic E-state index is 13.3. The fourth-order valence-electron chi connectivity index (χ4n) is 20.6. The van der Waals surface area contributed by atoms with Gasteiger partial charge in [0.2, 0.25) is 0 Å². The number of imidazole rings is 1. The van der Waals surface area contributed by atoms with E-state index >= 15 is 0 Å². The minimum absolute atomic E-state index is 0.0233.